The number of phosphoric acid groups is 2. The fourth-order valence-electron chi connectivity index (χ4n) is 8.43. The zero-order chi connectivity index (χ0) is 63.8. The summed E-state index contributed by atoms with van der Waals surface area (Å²) in [7, 11) is -9.78. The number of hydrogen-bond acceptors (Lipinski definition) is 14. The molecule has 0 aliphatic heterocycles. The Morgan fingerprint density at radius 3 is 0.977 bits per heavy atom. The van der Waals surface area contributed by atoms with Crippen LogP contribution in [0.15, 0.2) is 109 Å². The van der Waals surface area contributed by atoms with Crippen LogP contribution in [-0.4, -0.2) is 95.9 Å². The molecule has 87 heavy (non-hydrogen) atoms. The molecule has 0 spiro atoms. The lowest BCUT2D eigenvalue weighted by Gasteiger charge is -2.21. The van der Waals surface area contributed by atoms with E-state index in [1.807, 2.05) is 0 Å². The largest absolute Gasteiger partial charge is 0.472 e. The van der Waals surface area contributed by atoms with E-state index in [0.29, 0.717) is 19.3 Å². The summed E-state index contributed by atoms with van der Waals surface area (Å²) in [4.78, 5) is 58.3. The zero-order valence-corrected chi connectivity index (χ0v) is 55.7. The molecule has 0 heterocycles. The van der Waals surface area contributed by atoms with Gasteiger partial charge >= 0.3 is 33.6 Å². The third kappa shape index (κ3) is 63.6. The van der Waals surface area contributed by atoms with Gasteiger partial charge in [-0.1, -0.05) is 220 Å². The Morgan fingerprint density at radius 2 is 0.609 bits per heavy atom. The minimum Gasteiger partial charge on any atom is -0.463 e. The van der Waals surface area contributed by atoms with Gasteiger partial charge in [0.15, 0.2) is 6.10 Å². The fourth-order valence-corrected chi connectivity index (χ4v) is 10.0. The third-order valence-electron chi connectivity index (χ3n) is 13.5. The summed E-state index contributed by atoms with van der Waals surface area (Å²) in [5.74, 6) is -1.62. The Kier molecular flexibility index (Phi) is 59.7. The molecule has 0 aliphatic rings. The maximum absolute atomic E-state index is 12.9. The number of rotatable bonds is 62. The Bertz CT molecular complexity index is 2030. The molecule has 5 atom stereocenters. The van der Waals surface area contributed by atoms with Crippen molar-refractivity contribution in [1.82, 2.24) is 0 Å². The van der Waals surface area contributed by atoms with Crippen LogP contribution in [0.2, 0.25) is 0 Å². The number of unbranched alkanes of at least 4 members (excludes halogenated alkanes) is 21. The second-order valence-electron chi connectivity index (χ2n) is 21.9. The van der Waals surface area contributed by atoms with Gasteiger partial charge in [-0.25, -0.2) is 9.13 Å². The summed E-state index contributed by atoms with van der Waals surface area (Å²) in [5.41, 5.74) is 0. The van der Waals surface area contributed by atoms with Crippen LogP contribution in [0, 0.1) is 0 Å². The number of hydrogen-bond donors (Lipinski definition) is 4. The summed E-state index contributed by atoms with van der Waals surface area (Å²) in [6.45, 7) is 2.37. The van der Waals surface area contributed by atoms with E-state index in [9.17, 15) is 43.5 Å². The number of carbonyl (C=O) groups is 3. The first-order valence-corrected chi connectivity index (χ1v) is 36.2. The van der Waals surface area contributed by atoms with E-state index in [4.69, 9.17) is 32.3 Å². The standard InChI is InChI=1S/C69H118O16P2/c1-4-7-10-13-16-19-22-25-27-29-31-33-35-38-40-43-46-49-52-55-67(72)79-58-64(70)59-81-86(75,76)82-60-65(71)61-83-87(77,78)84-63-66(85-69(74)57-54-51-48-45-42-37-24-21-18-15-12-9-6-3)62-80-68(73)56-53-50-47-44-41-39-36-34-32-30-28-26-23-20-17-14-11-8-5-2/h7-8,10-11,16-17,19-21,24-28,31-34,64-66,70-71H,4-6,9,12-15,18,22-23,29-30,35-63H2,1-3H3,(H,75,76)(H,77,78)/b10-7-,11-8-,19-16-,20-17-,24-21-,27-25-,28-26-,33-31-,34-32-. The van der Waals surface area contributed by atoms with Crippen molar-refractivity contribution in [2.24, 2.45) is 0 Å². The lowest BCUT2D eigenvalue weighted by molar-refractivity contribution is -0.161. The number of esters is 3. The lowest BCUT2D eigenvalue weighted by Crippen LogP contribution is -2.30. The van der Waals surface area contributed by atoms with Crippen LogP contribution in [0.4, 0.5) is 0 Å². The molecule has 4 N–H and O–H groups in total. The van der Waals surface area contributed by atoms with Crippen molar-refractivity contribution < 1.29 is 75.8 Å². The van der Waals surface area contributed by atoms with Crippen LogP contribution in [0.1, 0.15) is 252 Å². The van der Waals surface area contributed by atoms with E-state index < -0.39 is 91.5 Å². The molecule has 0 amide bonds. The smallest absolute Gasteiger partial charge is 0.463 e. The zero-order valence-electron chi connectivity index (χ0n) is 53.9. The molecule has 0 aliphatic carbocycles. The molecule has 0 aromatic heterocycles. The monoisotopic (exact) mass is 1260 g/mol. The number of carbonyl (C=O) groups excluding carboxylic acids is 3. The summed E-state index contributed by atoms with van der Waals surface area (Å²) in [6.07, 6.45) is 68.5. The molecule has 0 fully saturated rings. The first-order chi connectivity index (χ1) is 42.2. The normalized spacial score (nSPS) is 15.0. The molecule has 0 bridgehead atoms. The third-order valence-corrected chi connectivity index (χ3v) is 15.4. The number of ether oxygens (including phenoxy) is 3. The minimum atomic E-state index is -4.93. The van der Waals surface area contributed by atoms with E-state index in [-0.39, 0.29) is 19.3 Å². The molecule has 16 nitrogen and oxygen atoms in total. The first-order valence-electron chi connectivity index (χ1n) is 33.2. The highest BCUT2D eigenvalue weighted by Gasteiger charge is 2.29. The SMILES string of the molecule is CC/C=C\C/C=C\C/C=C\C/C=C\CCCCCCCCC(=O)OCC(O)COP(=O)(O)OCC(O)COP(=O)(O)OCC(COC(=O)CCCCCCCC/C=C\C/C=C\C/C=C\C/C=C\CC)OC(=O)CCCCCCC/C=C\CCCCCC. The number of phosphoric ester groups is 2. The number of aliphatic hydroxyl groups excluding tert-OH is 2. The Balaban J connectivity index is 4.68. The summed E-state index contributed by atoms with van der Waals surface area (Å²) in [6, 6.07) is 0. The molecule has 0 saturated heterocycles. The van der Waals surface area contributed by atoms with Crippen molar-refractivity contribution in [2.45, 2.75) is 270 Å². The summed E-state index contributed by atoms with van der Waals surface area (Å²) in [5, 5.41) is 20.5. The van der Waals surface area contributed by atoms with Crippen LogP contribution in [-0.2, 0) is 55.8 Å². The average Bonchev–Trinajstić information content (AvgIpc) is 3.63. The van der Waals surface area contributed by atoms with Gasteiger partial charge in [-0.05, 0) is 122 Å². The van der Waals surface area contributed by atoms with Crippen LogP contribution in [0.5, 0.6) is 0 Å². The van der Waals surface area contributed by atoms with Gasteiger partial charge in [0.2, 0.25) is 0 Å². The van der Waals surface area contributed by atoms with Crippen molar-refractivity contribution in [1.29, 1.82) is 0 Å². The quantitative estimate of drug-likeness (QED) is 0.0146. The lowest BCUT2D eigenvalue weighted by atomic mass is 10.1. The molecule has 5 unspecified atom stereocenters. The molecule has 18 heteroatoms. The predicted molar refractivity (Wildman–Crippen MR) is 353 cm³/mol. The maximum Gasteiger partial charge on any atom is 0.472 e. The highest BCUT2D eigenvalue weighted by molar-refractivity contribution is 7.47. The van der Waals surface area contributed by atoms with E-state index in [0.717, 1.165) is 167 Å². The van der Waals surface area contributed by atoms with Crippen LogP contribution in [0.3, 0.4) is 0 Å². The van der Waals surface area contributed by atoms with Gasteiger partial charge in [0.1, 0.15) is 25.4 Å². The van der Waals surface area contributed by atoms with Gasteiger partial charge in [0.25, 0.3) is 0 Å². The van der Waals surface area contributed by atoms with E-state index >= 15 is 0 Å². The molecule has 0 radical (unpaired) electrons. The van der Waals surface area contributed by atoms with Crippen molar-refractivity contribution in [3.05, 3.63) is 109 Å². The topological polar surface area (TPSA) is 231 Å². The molecule has 0 aromatic carbocycles. The van der Waals surface area contributed by atoms with E-state index in [1.54, 1.807) is 0 Å². The second-order valence-corrected chi connectivity index (χ2v) is 24.8. The van der Waals surface area contributed by atoms with Gasteiger partial charge in [0.05, 0.1) is 26.4 Å². The maximum atomic E-state index is 12.9. The van der Waals surface area contributed by atoms with Gasteiger partial charge in [-0.3, -0.25) is 32.5 Å². The minimum absolute atomic E-state index is 0.0890. The molecule has 0 aromatic rings. The highest BCUT2D eigenvalue weighted by Crippen LogP contribution is 2.45. The summed E-state index contributed by atoms with van der Waals surface area (Å²) < 4.78 is 60.8. The highest BCUT2D eigenvalue weighted by atomic mass is 31.2. The van der Waals surface area contributed by atoms with Crippen molar-refractivity contribution in [3.8, 4) is 0 Å². The first kappa shape index (κ1) is 83.2. The molecular weight excluding hydrogens is 1150 g/mol. The Hall–Kier alpha value is -3.79. The van der Waals surface area contributed by atoms with E-state index in [1.165, 1.54) is 25.7 Å². The van der Waals surface area contributed by atoms with Crippen molar-refractivity contribution in [3.63, 3.8) is 0 Å². The molecule has 500 valence electrons. The molecular formula is C69H118O16P2. The van der Waals surface area contributed by atoms with E-state index in [2.05, 4.69) is 130 Å². The van der Waals surface area contributed by atoms with Crippen molar-refractivity contribution >= 4 is 33.6 Å². The summed E-state index contributed by atoms with van der Waals surface area (Å²) >= 11 is 0. The van der Waals surface area contributed by atoms with Gasteiger partial charge in [-0.2, -0.15) is 0 Å². The number of aliphatic hydroxyl groups is 2. The van der Waals surface area contributed by atoms with Gasteiger partial charge in [-0.15, -0.1) is 0 Å². The predicted octanol–water partition coefficient (Wildman–Crippen LogP) is 18.1. The number of allylic oxidation sites excluding steroid dienone is 18. The fraction of sp³-hybridized carbons (Fsp3) is 0.696. The van der Waals surface area contributed by atoms with Crippen LogP contribution in [0.25, 0.3) is 0 Å². The van der Waals surface area contributed by atoms with Crippen LogP contribution < -0.4 is 0 Å². The Labute approximate surface area is 526 Å². The van der Waals surface area contributed by atoms with Gasteiger partial charge < -0.3 is 34.2 Å². The Morgan fingerprint density at radius 1 is 0.333 bits per heavy atom. The second kappa shape index (κ2) is 62.4. The van der Waals surface area contributed by atoms with Crippen molar-refractivity contribution in [2.75, 3.05) is 39.6 Å². The molecule has 0 saturated carbocycles. The van der Waals surface area contributed by atoms with Gasteiger partial charge in [0, 0.05) is 19.3 Å². The average molecular weight is 1270 g/mol. The van der Waals surface area contributed by atoms with Crippen LogP contribution >= 0.6 is 15.6 Å². The molecule has 0 rings (SSSR count).